The van der Waals surface area contributed by atoms with Crippen molar-refractivity contribution in [1.29, 1.82) is 0 Å². The lowest BCUT2D eigenvalue weighted by Crippen LogP contribution is -2.32. The maximum atomic E-state index is 9.74. The molecule has 0 aliphatic heterocycles. The summed E-state index contributed by atoms with van der Waals surface area (Å²) in [5.74, 6) is -2.86. The molecule has 0 fully saturated rings. The van der Waals surface area contributed by atoms with E-state index in [0.29, 0.717) is 13.2 Å². The van der Waals surface area contributed by atoms with Crippen LogP contribution in [0.25, 0.3) is 0 Å². The normalized spacial score (nSPS) is 11.4. The first-order valence-electron chi connectivity index (χ1n) is 7.97. The van der Waals surface area contributed by atoms with Crippen LogP contribution in [0.1, 0.15) is 20.3 Å². The van der Waals surface area contributed by atoms with Gasteiger partial charge in [0.05, 0.1) is 6.10 Å². The lowest BCUT2D eigenvalue weighted by molar-refractivity contribution is -0.159. The van der Waals surface area contributed by atoms with Gasteiger partial charge in [-0.05, 0) is 38.9 Å². The highest BCUT2D eigenvalue weighted by Gasteiger charge is 2.05. The molecule has 0 amide bonds. The Balaban J connectivity index is 0.000000823. The van der Waals surface area contributed by atoms with Crippen molar-refractivity contribution < 1.29 is 34.4 Å². The Hall–Kier alpha value is -2.16. The molecule has 1 rings (SSSR count). The Labute approximate surface area is 147 Å². The summed E-state index contributed by atoms with van der Waals surface area (Å²) in [5, 5.41) is 27.7. The van der Waals surface area contributed by atoms with E-state index in [4.69, 9.17) is 29.3 Å². The van der Waals surface area contributed by atoms with Crippen LogP contribution >= 0.6 is 0 Å². The van der Waals surface area contributed by atoms with Crippen molar-refractivity contribution in [3.63, 3.8) is 0 Å². The van der Waals surface area contributed by atoms with Gasteiger partial charge in [-0.1, -0.05) is 18.2 Å². The molecule has 25 heavy (non-hydrogen) atoms. The molecule has 1 aromatic rings. The smallest absolute Gasteiger partial charge is 0.414 e. The Bertz CT molecular complexity index is 467. The molecule has 0 saturated carbocycles. The lowest BCUT2D eigenvalue weighted by atomic mass is 10.3. The molecular formula is C17H27NO7. The number of carbonyl (C=O) groups is 2. The van der Waals surface area contributed by atoms with Gasteiger partial charge in [-0.15, -0.1) is 0 Å². The second-order valence-corrected chi connectivity index (χ2v) is 5.37. The number of para-hydroxylation sites is 1. The van der Waals surface area contributed by atoms with Crippen molar-refractivity contribution >= 4 is 11.9 Å². The first-order chi connectivity index (χ1) is 11.8. The molecule has 1 atom stereocenters. The summed E-state index contributed by atoms with van der Waals surface area (Å²) in [6.45, 7) is 6.49. The fourth-order valence-corrected chi connectivity index (χ4v) is 1.55. The summed E-state index contributed by atoms with van der Waals surface area (Å²) in [6.07, 6.45) is 0.737. The molecule has 4 N–H and O–H groups in total. The van der Waals surface area contributed by atoms with Crippen molar-refractivity contribution in [2.45, 2.75) is 32.5 Å². The third kappa shape index (κ3) is 15.1. The Morgan fingerprint density at radius 3 is 2.24 bits per heavy atom. The second kappa shape index (κ2) is 14.2. The van der Waals surface area contributed by atoms with E-state index in [1.807, 2.05) is 44.2 Å². The van der Waals surface area contributed by atoms with Crippen molar-refractivity contribution in [2.24, 2.45) is 0 Å². The van der Waals surface area contributed by atoms with Gasteiger partial charge in [0.2, 0.25) is 0 Å². The van der Waals surface area contributed by atoms with Crippen LogP contribution in [0.3, 0.4) is 0 Å². The number of hydrogen-bond acceptors (Lipinski definition) is 6. The van der Waals surface area contributed by atoms with Gasteiger partial charge in [0.15, 0.2) is 0 Å². The largest absolute Gasteiger partial charge is 0.491 e. The van der Waals surface area contributed by atoms with Gasteiger partial charge in [-0.3, -0.25) is 0 Å². The monoisotopic (exact) mass is 357 g/mol. The Morgan fingerprint density at radius 1 is 1.12 bits per heavy atom. The molecule has 0 heterocycles. The van der Waals surface area contributed by atoms with E-state index in [9.17, 15) is 5.11 Å². The molecule has 1 aromatic carbocycles. The molecule has 142 valence electrons. The van der Waals surface area contributed by atoms with Gasteiger partial charge >= 0.3 is 11.9 Å². The molecule has 0 aliphatic carbocycles. The fourth-order valence-electron chi connectivity index (χ4n) is 1.55. The first-order valence-corrected chi connectivity index (χ1v) is 7.97. The maximum absolute atomic E-state index is 9.74. The number of carboxylic acids is 2. The Morgan fingerprint density at radius 2 is 1.72 bits per heavy atom. The van der Waals surface area contributed by atoms with Crippen molar-refractivity contribution in [3.05, 3.63) is 30.3 Å². The van der Waals surface area contributed by atoms with E-state index in [1.165, 1.54) is 0 Å². The van der Waals surface area contributed by atoms with E-state index in [2.05, 4.69) is 5.32 Å². The van der Waals surface area contributed by atoms with Gasteiger partial charge in [0, 0.05) is 13.2 Å². The zero-order valence-corrected chi connectivity index (χ0v) is 14.6. The van der Waals surface area contributed by atoms with Gasteiger partial charge < -0.3 is 30.1 Å². The number of carboxylic acid groups (broad SMARTS) is 2. The van der Waals surface area contributed by atoms with Gasteiger partial charge in [-0.2, -0.15) is 0 Å². The van der Waals surface area contributed by atoms with Gasteiger partial charge in [-0.25, -0.2) is 9.59 Å². The van der Waals surface area contributed by atoms with Crippen LogP contribution in [0.15, 0.2) is 30.3 Å². The number of benzene rings is 1. The van der Waals surface area contributed by atoms with Crippen LogP contribution < -0.4 is 10.1 Å². The molecule has 0 spiro atoms. The van der Waals surface area contributed by atoms with Gasteiger partial charge in [0.1, 0.15) is 18.5 Å². The first kappa shape index (κ1) is 22.8. The van der Waals surface area contributed by atoms with E-state index >= 15 is 0 Å². The summed E-state index contributed by atoms with van der Waals surface area (Å²) >= 11 is 0. The van der Waals surface area contributed by atoms with Crippen LogP contribution in [0.4, 0.5) is 0 Å². The van der Waals surface area contributed by atoms with E-state index in [1.54, 1.807) is 0 Å². The number of aliphatic carboxylic acids is 2. The third-order valence-corrected chi connectivity index (χ3v) is 2.70. The zero-order valence-electron chi connectivity index (χ0n) is 14.6. The Kier molecular flexibility index (Phi) is 13.0. The average Bonchev–Trinajstić information content (AvgIpc) is 2.57. The quantitative estimate of drug-likeness (QED) is 0.361. The molecule has 0 radical (unpaired) electrons. The van der Waals surface area contributed by atoms with Crippen LogP contribution in [0.2, 0.25) is 0 Å². The molecule has 8 heteroatoms. The highest BCUT2D eigenvalue weighted by molar-refractivity contribution is 6.27. The molecule has 0 saturated heterocycles. The summed E-state index contributed by atoms with van der Waals surface area (Å²) in [4.78, 5) is 18.2. The lowest BCUT2D eigenvalue weighted by Gasteiger charge is -2.13. The molecule has 0 aromatic heterocycles. The van der Waals surface area contributed by atoms with Crippen LogP contribution in [0.5, 0.6) is 5.75 Å². The van der Waals surface area contributed by atoms with Gasteiger partial charge in [0.25, 0.3) is 0 Å². The number of rotatable bonds is 10. The predicted molar refractivity (Wildman–Crippen MR) is 91.8 cm³/mol. The predicted octanol–water partition coefficient (Wildman–Crippen LogP) is 0.987. The van der Waals surface area contributed by atoms with Crippen molar-refractivity contribution in [3.8, 4) is 5.75 Å². The minimum atomic E-state index is -1.82. The fraction of sp³-hybridized carbons (Fsp3) is 0.529. The summed E-state index contributed by atoms with van der Waals surface area (Å²) in [6, 6.07) is 9.51. The maximum Gasteiger partial charge on any atom is 0.414 e. The molecule has 0 bridgehead atoms. The standard InChI is InChI=1S/C15H25NO3.C2H2O4/c1-13(2)18-10-6-9-16-11-14(17)12-19-15-7-4-3-5-8-15;3-1(4)2(5)6/h3-5,7-8,13-14,16-17H,6,9-12H2,1-2H3;(H,3,4)(H,5,6). The van der Waals surface area contributed by atoms with E-state index < -0.39 is 18.0 Å². The molecule has 8 nitrogen and oxygen atoms in total. The SMILES string of the molecule is CC(C)OCCCNCC(O)COc1ccccc1.O=C(O)C(=O)O. The topological polar surface area (TPSA) is 125 Å². The molecule has 0 aliphatic rings. The highest BCUT2D eigenvalue weighted by Crippen LogP contribution is 2.08. The third-order valence-electron chi connectivity index (χ3n) is 2.70. The number of hydrogen-bond donors (Lipinski definition) is 4. The number of aliphatic hydroxyl groups is 1. The highest BCUT2D eigenvalue weighted by atomic mass is 16.5. The number of nitrogens with one attached hydrogen (secondary N) is 1. The number of ether oxygens (including phenoxy) is 2. The van der Waals surface area contributed by atoms with Crippen LogP contribution in [0, 0.1) is 0 Å². The van der Waals surface area contributed by atoms with Crippen LogP contribution in [-0.2, 0) is 14.3 Å². The van der Waals surface area contributed by atoms with Crippen molar-refractivity contribution in [1.82, 2.24) is 5.32 Å². The van der Waals surface area contributed by atoms with E-state index in [0.717, 1.165) is 25.3 Å². The minimum Gasteiger partial charge on any atom is -0.491 e. The van der Waals surface area contributed by atoms with E-state index in [-0.39, 0.29) is 6.10 Å². The summed E-state index contributed by atoms with van der Waals surface area (Å²) in [5.41, 5.74) is 0. The summed E-state index contributed by atoms with van der Waals surface area (Å²) < 4.78 is 10.9. The molecule has 1 unspecified atom stereocenters. The van der Waals surface area contributed by atoms with Crippen molar-refractivity contribution in [2.75, 3.05) is 26.3 Å². The zero-order chi connectivity index (χ0) is 19.1. The minimum absolute atomic E-state index is 0.282. The second-order valence-electron chi connectivity index (χ2n) is 5.37. The molecular weight excluding hydrogens is 330 g/mol. The average molecular weight is 357 g/mol. The summed E-state index contributed by atoms with van der Waals surface area (Å²) in [7, 11) is 0. The number of aliphatic hydroxyl groups excluding tert-OH is 1. The van der Waals surface area contributed by atoms with Crippen LogP contribution in [-0.4, -0.2) is 65.8 Å².